The number of hydrogen-bond acceptors (Lipinski definition) is 3. The Morgan fingerprint density at radius 1 is 1.21 bits per heavy atom. The van der Waals surface area contributed by atoms with E-state index in [-0.39, 0.29) is 5.91 Å². The number of unbranched alkanes of at least 4 members (excludes halogenated alkanes) is 2. The number of carbonyl (C=O) groups excluding carboxylic acids is 1. The van der Waals surface area contributed by atoms with Crippen LogP contribution in [0.25, 0.3) is 0 Å². The zero-order chi connectivity index (χ0) is 13.3. The van der Waals surface area contributed by atoms with E-state index in [4.69, 9.17) is 0 Å². The van der Waals surface area contributed by atoms with Gasteiger partial charge in [0.1, 0.15) is 0 Å². The second-order valence-electron chi connectivity index (χ2n) is 4.80. The van der Waals surface area contributed by atoms with E-state index in [1.807, 2.05) is 41.1 Å². The van der Waals surface area contributed by atoms with Crippen molar-refractivity contribution in [2.75, 3.05) is 12.3 Å². The molecule has 1 fully saturated rings. The molecule has 1 aromatic rings. The summed E-state index contributed by atoms with van der Waals surface area (Å²) in [5, 5.41) is 3.86. The van der Waals surface area contributed by atoms with Gasteiger partial charge in [0.05, 0.1) is 0 Å². The van der Waals surface area contributed by atoms with Crippen LogP contribution in [0.2, 0.25) is 0 Å². The molecule has 1 heterocycles. The van der Waals surface area contributed by atoms with Crippen LogP contribution in [-0.4, -0.2) is 23.5 Å². The van der Waals surface area contributed by atoms with Crippen LogP contribution in [0.15, 0.2) is 30.3 Å². The minimum Gasteiger partial charge on any atom is -0.352 e. The summed E-state index contributed by atoms with van der Waals surface area (Å²) < 4.78 is 0. The molecule has 19 heavy (non-hydrogen) atoms. The maximum Gasteiger partial charge on any atom is 0.251 e. The Bertz CT molecular complexity index is 377. The van der Waals surface area contributed by atoms with Gasteiger partial charge in [-0.1, -0.05) is 52.6 Å². The van der Waals surface area contributed by atoms with Gasteiger partial charge in [0, 0.05) is 23.1 Å². The fraction of sp³-hybridized carbons (Fsp3) is 0.533. The Labute approximate surface area is 123 Å². The minimum atomic E-state index is 0.0448. The number of amides is 1. The third-order valence-corrected chi connectivity index (χ3v) is 6.26. The van der Waals surface area contributed by atoms with Gasteiger partial charge in [-0.2, -0.15) is 0 Å². The maximum absolute atomic E-state index is 11.8. The fourth-order valence-corrected chi connectivity index (χ4v) is 5.16. The smallest absolute Gasteiger partial charge is 0.251 e. The van der Waals surface area contributed by atoms with E-state index in [2.05, 4.69) is 16.1 Å². The molecule has 104 valence electrons. The van der Waals surface area contributed by atoms with Crippen molar-refractivity contribution in [1.82, 2.24) is 5.32 Å². The molecule has 1 atom stereocenters. The predicted octanol–water partition coefficient (Wildman–Crippen LogP) is 4.13. The molecule has 1 amide bonds. The Balaban J connectivity index is 1.51. The molecule has 0 spiro atoms. The highest BCUT2D eigenvalue weighted by Gasteiger charge is 2.15. The van der Waals surface area contributed by atoms with Crippen molar-refractivity contribution in [2.24, 2.45) is 0 Å². The molecule has 0 bridgehead atoms. The van der Waals surface area contributed by atoms with E-state index in [1.54, 1.807) is 0 Å². The highest BCUT2D eigenvalue weighted by Crippen LogP contribution is 2.39. The fourth-order valence-electron chi connectivity index (χ4n) is 2.13. The maximum atomic E-state index is 11.8. The van der Waals surface area contributed by atoms with Gasteiger partial charge in [-0.05, 0) is 31.4 Å². The molecule has 0 saturated carbocycles. The zero-order valence-corrected chi connectivity index (χ0v) is 12.8. The normalized spacial score (nSPS) is 18.4. The molecule has 4 heteroatoms. The second-order valence-corrected chi connectivity index (χ2v) is 7.59. The van der Waals surface area contributed by atoms with Crippen LogP contribution in [0.1, 0.15) is 42.5 Å². The summed E-state index contributed by atoms with van der Waals surface area (Å²) in [4.78, 5) is 11.8. The Kier molecular flexibility index (Phi) is 6.65. The first-order valence-electron chi connectivity index (χ1n) is 6.98. The Hall–Kier alpha value is -0.610. The van der Waals surface area contributed by atoms with Crippen LogP contribution >= 0.6 is 21.6 Å². The van der Waals surface area contributed by atoms with Gasteiger partial charge < -0.3 is 5.32 Å². The Morgan fingerprint density at radius 2 is 2.05 bits per heavy atom. The summed E-state index contributed by atoms with van der Waals surface area (Å²) in [6, 6.07) is 9.42. The van der Waals surface area contributed by atoms with Crippen molar-refractivity contribution in [1.29, 1.82) is 0 Å². The first-order chi connectivity index (χ1) is 9.36. The zero-order valence-electron chi connectivity index (χ0n) is 11.1. The summed E-state index contributed by atoms with van der Waals surface area (Å²) in [6.45, 7) is 0.792. The highest BCUT2D eigenvalue weighted by atomic mass is 33.1. The lowest BCUT2D eigenvalue weighted by atomic mass is 10.1. The van der Waals surface area contributed by atoms with Gasteiger partial charge in [0.25, 0.3) is 5.91 Å². The first-order valence-corrected chi connectivity index (χ1v) is 9.36. The highest BCUT2D eigenvalue weighted by molar-refractivity contribution is 8.77. The molecular formula is C15H21NOS2. The van der Waals surface area contributed by atoms with Crippen LogP contribution in [0.3, 0.4) is 0 Å². The molecule has 1 aromatic carbocycles. The third-order valence-electron chi connectivity index (χ3n) is 3.25. The van der Waals surface area contributed by atoms with E-state index in [0.29, 0.717) is 0 Å². The van der Waals surface area contributed by atoms with E-state index in [1.165, 1.54) is 31.4 Å². The largest absolute Gasteiger partial charge is 0.352 e. The number of carbonyl (C=O) groups is 1. The van der Waals surface area contributed by atoms with Crippen LogP contribution in [0.4, 0.5) is 0 Å². The van der Waals surface area contributed by atoms with Crippen molar-refractivity contribution in [3.63, 3.8) is 0 Å². The van der Waals surface area contributed by atoms with E-state index >= 15 is 0 Å². The molecule has 2 nitrogen and oxygen atoms in total. The monoisotopic (exact) mass is 295 g/mol. The van der Waals surface area contributed by atoms with Crippen LogP contribution in [0, 0.1) is 0 Å². The molecule has 0 aliphatic carbocycles. The van der Waals surface area contributed by atoms with Gasteiger partial charge in [0.15, 0.2) is 0 Å². The average molecular weight is 295 g/mol. The van der Waals surface area contributed by atoms with Gasteiger partial charge in [-0.25, -0.2) is 0 Å². The molecule has 1 aliphatic heterocycles. The number of benzene rings is 1. The van der Waals surface area contributed by atoms with Gasteiger partial charge >= 0.3 is 0 Å². The lowest BCUT2D eigenvalue weighted by molar-refractivity contribution is 0.0953. The quantitative estimate of drug-likeness (QED) is 0.606. The van der Waals surface area contributed by atoms with E-state index < -0.39 is 0 Å². The van der Waals surface area contributed by atoms with Crippen molar-refractivity contribution < 1.29 is 4.79 Å². The molecule has 1 unspecified atom stereocenters. The molecule has 0 radical (unpaired) electrons. The average Bonchev–Trinajstić information content (AvgIpc) is 2.96. The molecule has 1 N–H and O–H groups in total. The van der Waals surface area contributed by atoms with Crippen molar-refractivity contribution in [3.05, 3.63) is 35.9 Å². The SMILES string of the molecule is O=C(NCCCCCC1CCSS1)c1ccccc1. The van der Waals surface area contributed by atoms with E-state index in [9.17, 15) is 4.79 Å². The lowest BCUT2D eigenvalue weighted by Crippen LogP contribution is -2.24. The lowest BCUT2D eigenvalue weighted by Gasteiger charge is -2.07. The standard InChI is InChI=1S/C15H21NOS2/c17-15(13-7-3-1-4-8-13)16-11-6-2-5-9-14-10-12-18-19-14/h1,3-4,7-8,14H,2,5-6,9-12H2,(H,16,17). The summed E-state index contributed by atoms with van der Waals surface area (Å²) in [7, 11) is 4.07. The van der Waals surface area contributed by atoms with E-state index in [0.717, 1.165) is 23.8 Å². The van der Waals surface area contributed by atoms with Crippen LogP contribution in [0.5, 0.6) is 0 Å². The van der Waals surface area contributed by atoms with Crippen LogP contribution < -0.4 is 5.32 Å². The summed E-state index contributed by atoms with van der Waals surface area (Å²) in [5.41, 5.74) is 0.752. The predicted molar refractivity (Wildman–Crippen MR) is 85.7 cm³/mol. The van der Waals surface area contributed by atoms with Gasteiger partial charge in [-0.3, -0.25) is 4.79 Å². The summed E-state index contributed by atoms with van der Waals surface area (Å²) >= 11 is 0. The first kappa shape index (κ1) is 14.8. The summed E-state index contributed by atoms with van der Waals surface area (Å²) in [6.07, 6.45) is 6.31. The van der Waals surface area contributed by atoms with Crippen LogP contribution in [-0.2, 0) is 0 Å². The van der Waals surface area contributed by atoms with Crippen molar-refractivity contribution in [3.8, 4) is 0 Å². The number of nitrogens with one attached hydrogen (secondary N) is 1. The topological polar surface area (TPSA) is 29.1 Å². The Morgan fingerprint density at radius 3 is 2.79 bits per heavy atom. The van der Waals surface area contributed by atoms with Gasteiger partial charge in [0.2, 0.25) is 0 Å². The van der Waals surface area contributed by atoms with Crippen molar-refractivity contribution in [2.45, 2.75) is 37.4 Å². The summed E-state index contributed by atoms with van der Waals surface area (Å²) in [5.74, 6) is 1.37. The van der Waals surface area contributed by atoms with Gasteiger partial charge in [-0.15, -0.1) is 0 Å². The third kappa shape index (κ3) is 5.49. The minimum absolute atomic E-state index is 0.0448. The van der Waals surface area contributed by atoms with Crippen molar-refractivity contribution >= 4 is 27.5 Å². The molecular weight excluding hydrogens is 274 g/mol. The molecule has 1 saturated heterocycles. The number of hydrogen-bond donors (Lipinski definition) is 1. The molecule has 2 rings (SSSR count). The second kappa shape index (κ2) is 8.54. The molecule has 0 aromatic heterocycles. The number of rotatable bonds is 7. The molecule has 1 aliphatic rings.